The number of rotatable bonds is 6. The average Bonchev–Trinajstić information content (AvgIpc) is 2.92. The van der Waals surface area contributed by atoms with E-state index in [1.54, 1.807) is 0 Å². The van der Waals surface area contributed by atoms with E-state index in [1.165, 1.54) is 15.3 Å². The van der Waals surface area contributed by atoms with Crippen LogP contribution in [0, 0.1) is 0 Å². The van der Waals surface area contributed by atoms with Crippen LogP contribution in [0.3, 0.4) is 0 Å². The van der Waals surface area contributed by atoms with E-state index in [2.05, 4.69) is 63.0 Å². The maximum absolute atomic E-state index is 6.17. The summed E-state index contributed by atoms with van der Waals surface area (Å²) in [7, 11) is 0. The number of halogens is 3. The third-order valence-electron chi connectivity index (χ3n) is 3.53. The Morgan fingerprint density at radius 2 is 1.80 bits per heavy atom. The first kappa shape index (κ1) is 16.5. The minimum atomic E-state index is 0.0424. The van der Waals surface area contributed by atoms with Crippen LogP contribution in [0.4, 0.5) is 0 Å². The van der Waals surface area contributed by atoms with Crippen LogP contribution in [-0.2, 0) is 18.3 Å². The smallest absolute Gasteiger partial charge is 0.0408 e. The minimum Gasteiger partial charge on any atom is -0.145 e. The summed E-state index contributed by atoms with van der Waals surface area (Å²) in [6, 6.07) is 12.7. The monoisotopic (exact) mass is 434 g/mol. The molecule has 1 aromatic carbocycles. The van der Waals surface area contributed by atoms with Gasteiger partial charge in [-0.15, -0.1) is 11.3 Å². The van der Waals surface area contributed by atoms with Crippen LogP contribution in [0.25, 0.3) is 0 Å². The molecule has 0 amide bonds. The molecule has 0 aliphatic carbocycles. The predicted molar refractivity (Wildman–Crippen MR) is 98.1 cm³/mol. The van der Waals surface area contributed by atoms with Gasteiger partial charge < -0.3 is 0 Å². The van der Waals surface area contributed by atoms with Gasteiger partial charge in [0.15, 0.2) is 0 Å². The first-order valence-corrected chi connectivity index (χ1v) is 10.0. The van der Waals surface area contributed by atoms with E-state index >= 15 is 0 Å². The van der Waals surface area contributed by atoms with Gasteiger partial charge in [0.1, 0.15) is 0 Å². The fourth-order valence-electron chi connectivity index (χ4n) is 2.25. The quantitative estimate of drug-likeness (QED) is 0.471. The van der Waals surface area contributed by atoms with E-state index in [-0.39, 0.29) is 5.41 Å². The van der Waals surface area contributed by atoms with Crippen molar-refractivity contribution in [2.24, 2.45) is 0 Å². The second kappa shape index (κ2) is 7.44. The van der Waals surface area contributed by atoms with E-state index in [9.17, 15) is 0 Å². The number of hydrogen-bond acceptors (Lipinski definition) is 1. The maximum Gasteiger partial charge on any atom is 0.0408 e. The topological polar surface area (TPSA) is 0 Å². The summed E-state index contributed by atoms with van der Waals surface area (Å²) in [5.41, 5.74) is 1.33. The van der Waals surface area contributed by atoms with Crippen molar-refractivity contribution < 1.29 is 0 Å². The molecule has 0 nitrogen and oxygen atoms in total. The third kappa shape index (κ3) is 3.68. The van der Waals surface area contributed by atoms with Crippen molar-refractivity contribution >= 4 is 54.8 Å². The number of benzene rings is 1. The number of alkyl halides is 2. The highest BCUT2D eigenvalue weighted by Crippen LogP contribution is 2.35. The van der Waals surface area contributed by atoms with E-state index in [0.29, 0.717) is 0 Å². The van der Waals surface area contributed by atoms with Crippen LogP contribution in [0.2, 0.25) is 5.02 Å². The summed E-state index contributed by atoms with van der Waals surface area (Å²) >= 11 is 15.5. The molecule has 0 aliphatic rings. The third-order valence-corrected chi connectivity index (χ3v) is 7.14. The fourth-order valence-corrected chi connectivity index (χ4v) is 5.51. The molecule has 0 fully saturated rings. The summed E-state index contributed by atoms with van der Waals surface area (Å²) in [4.78, 5) is 2.88. The summed E-state index contributed by atoms with van der Waals surface area (Å²) in [6.07, 6.45) is 2.13. The van der Waals surface area contributed by atoms with Gasteiger partial charge in [-0.3, -0.25) is 0 Å². The molecule has 4 heteroatoms. The Labute approximate surface area is 146 Å². The van der Waals surface area contributed by atoms with Gasteiger partial charge >= 0.3 is 0 Å². The Bertz CT molecular complexity index is 561. The van der Waals surface area contributed by atoms with Crippen molar-refractivity contribution in [3.63, 3.8) is 0 Å². The SMILES string of the molecule is CCc1ccc(CC(CBr)(CBr)c2cccc(Cl)c2)s1. The standard InChI is InChI=1S/C16H17Br2ClS/c1-2-14-6-7-15(20-14)9-16(10-17,11-18)12-4-3-5-13(19)8-12/h3-8H,2,9-11H2,1H3. The molecule has 0 saturated carbocycles. The first-order chi connectivity index (χ1) is 9.63. The van der Waals surface area contributed by atoms with Gasteiger partial charge in [0.25, 0.3) is 0 Å². The molecule has 0 radical (unpaired) electrons. The molecule has 2 aromatic rings. The highest BCUT2D eigenvalue weighted by atomic mass is 79.9. The molecule has 0 atom stereocenters. The lowest BCUT2D eigenvalue weighted by Gasteiger charge is -2.30. The molecule has 0 N–H and O–H groups in total. The first-order valence-electron chi connectivity index (χ1n) is 6.59. The average molecular weight is 437 g/mol. The Kier molecular flexibility index (Phi) is 6.15. The fraction of sp³-hybridized carbons (Fsp3) is 0.375. The van der Waals surface area contributed by atoms with Crippen molar-refractivity contribution in [1.29, 1.82) is 0 Å². The molecule has 0 spiro atoms. The van der Waals surface area contributed by atoms with Crippen LogP contribution < -0.4 is 0 Å². The molecule has 0 saturated heterocycles. The van der Waals surface area contributed by atoms with Gasteiger partial charge in [-0.2, -0.15) is 0 Å². The number of thiophene rings is 1. The zero-order chi connectivity index (χ0) is 14.6. The lowest BCUT2D eigenvalue weighted by Crippen LogP contribution is -2.32. The molecule has 1 aromatic heterocycles. The summed E-state index contributed by atoms with van der Waals surface area (Å²) in [5.74, 6) is 0. The van der Waals surface area contributed by atoms with Gasteiger partial charge in [-0.25, -0.2) is 0 Å². The lowest BCUT2D eigenvalue weighted by atomic mass is 9.81. The highest BCUT2D eigenvalue weighted by Gasteiger charge is 2.31. The Morgan fingerprint density at radius 3 is 2.35 bits per heavy atom. The molecule has 0 unspecified atom stereocenters. The van der Waals surface area contributed by atoms with Crippen LogP contribution in [0.1, 0.15) is 22.2 Å². The zero-order valence-electron chi connectivity index (χ0n) is 11.3. The maximum atomic E-state index is 6.17. The van der Waals surface area contributed by atoms with Gasteiger partial charge in [-0.05, 0) is 42.7 Å². The van der Waals surface area contributed by atoms with E-state index in [0.717, 1.165) is 28.5 Å². The lowest BCUT2D eigenvalue weighted by molar-refractivity contribution is 0.556. The van der Waals surface area contributed by atoms with Gasteiger partial charge in [0.05, 0.1) is 0 Å². The van der Waals surface area contributed by atoms with Crippen LogP contribution in [0.15, 0.2) is 36.4 Å². The number of hydrogen-bond donors (Lipinski definition) is 0. The van der Waals surface area contributed by atoms with E-state index in [4.69, 9.17) is 11.6 Å². The predicted octanol–water partition coefficient (Wildman–Crippen LogP) is 6.23. The van der Waals surface area contributed by atoms with E-state index in [1.807, 2.05) is 23.5 Å². The molecule has 0 aliphatic heterocycles. The Morgan fingerprint density at radius 1 is 1.10 bits per heavy atom. The zero-order valence-corrected chi connectivity index (χ0v) is 16.1. The molecular formula is C16H17Br2ClS. The van der Waals surface area contributed by atoms with Crippen molar-refractivity contribution in [3.8, 4) is 0 Å². The molecule has 20 heavy (non-hydrogen) atoms. The van der Waals surface area contributed by atoms with Crippen molar-refractivity contribution in [3.05, 3.63) is 56.7 Å². The van der Waals surface area contributed by atoms with Crippen LogP contribution in [-0.4, -0.2) is 10.7 Å². The Balaban J connectivity index is 2.33. The van der Waals surface area contributed by atoms with Crippen molar-refractivity contribution in [2.45, 2.75) is 25.2 Å². The summed E-state index contributed by atoms with van der Waals surface area (Å²) in [5, 5.41) is 2.62. The summed E-state index contributed by atoms with van der Waals surface area (Å²) < 4.78 is 0. The second-order valence-electron chi connectivity index (χ2n) is 4.96. The highest BCUT2D eigenvalue weighted by molar-refractivity contribution is 9.09. The van der Waals surface area contributed by atoms with Gasteiger partial charge in [-0.1, -0.05) is 62.5 Å². The molecule has 2 rings (SSSR count). The normalized spacial score (nSPS) is 11.8. The molecule has 0 bridgehead atoms. The molecule has 108 valence electrons. The number of aryl methyl sites for hydroxylation is 1. The van der Waals surface area contributed by atoms with E-state index < -0.39 is 0 Å². The largest absolute Gasteiger partial charge is 0.145 e. The summed E-state index contributed by atoms with van der Waals surface area (Å²) in [6.45, 7) is 2.20. The molecule has 1 heterocycles. The van der Waals surface area contributed by atoms with Gasteiger partial charge in [0.2, 0.25) is 0 Å². The minimum absolute atomic E-state index is 0.0424. The van der Waals surface area contributed by atoms with Crippen molar-refractivity contribution in [1.82, 2.24) is 0 Å². The van der Waals surface area contributed by atoms with Crippen molar-refractivity contribution in [2.75, 3.05) is 10.7 Å². The van der Waals surface area contributed by atoms with Crippen LogP contribution >= 0.6 is 54.8 Å². The second-order valence-corrected chi connectivity index (χ2v) is 7.77. The van der Waals surface area contributed by atoms with Crippen LogP contribution in [0.5, 0.6) is 0 Å². The Hall–Kier alpha value is 0.170. The molecular weight excluding hydrogens is 420 g/mol. The van der Waals surface area contributed by atoms with Gasteiger partial charge in [0, 0.05) is 30.9 Å².